The maximum absolute atomic E-state index is 12.7. The van der Waals surface area contributed by atoms with Gasteiger partial charge in [0.2, 0.25) is 5.91 Å². The van der Waals surface area contributed by atoms with Gasteiger partial charge in [-0.15, -0.1) is 0 Å². The Balaban J connectivity index is 1.98. The van der Waals surface area contributed by atoms with E-state index < -0.39 is 5.97 Å². The predicted octanol–water partition coefficient (Wildman–Crippen LogP) is 2.45. The quantitative estimate of drug-likeness (QED) is 0.729. The lowest BCUT2D eigenvalue weighted by molar-refractivity contribution is -0.137. The third kappa shape index (κ3) is 5.64. The van der Waals surface area contributed by atoms with Gasteiger partial charge >= 0.3 is 5.97 Å². The summed E-state index contributed by atoms with van der Waals surface area (Å²) in [5.41, 5.74) is 1.12. The number of nitrogens with one attached hydrogen (secondary N) is 1. The van der Waals surface area contributed by atoms with E-state index in [0.717, 1.165) is 37.9 Å². The standard InChI is InChI=1S/C19H28N2O3/c1-2-12-21-13-6-9-17(21)19(24)20-16(10-11-18(22)23)14-15-7-4-3-5-8-15/h3-5,7-8,16-17H,2,6,9-14H2,1H3,(H,20,24)(H,22,23). The number of carbonyl (C=O) groups is 2. The molecule has 0 spiro atoms. The van der Waals surface area contributed by atoms with Gasteiger partial charge in [0.15, 0.2) is 0 Å². The summed E-state index contributed by atoms with van der Waals surface area (Å²) in [5.74, 6) is -0.775. The van der Waals surface area contributed by atoms with Crippen molar-refractivity contribution >= 4 is 11.9 Å². The molecule has 1 aromatic carbocycles. The number of amides is 1. The second-order valence-corrected chi connectivity index (χ2v) is 6.52. The van der Waals surface area contributed by atoms with Gasteiger partial charge in [0.25, 0.3) is 0 Å². The highest BCUT2D eigenvalue weighted by atomic mass is 16.4. The largest absolute Gasteiger partial charge is 0.481 e. The number of likely N-dealkylation sites (tertiary alicyclic amines) is 1. The Hall–Kier alpha value is -1.88. The lowest BCUT2D eigenvalue weighted by Crippen LogP contribution is -2.47. The van der Waals surface area contributed by atoms with Gasteiger partial charge < -0.3 is 10.4 Å². The summed E-state index contributed by atoms with van der Waals surface area (Å²) in [6.45, 7) is 4.04. The van der Waals surface area contributed by atoms with E-state index in [9.17, 15) is 9.59 Å². The van der Waals surface area contributed by atoms with Crippen molar-refractivity contribution in [2.45, 2.75) is 57.5 Å². The van der Waals surface area contributed by atoms with E-state index in [2.05, 4.69) is 17.1 Å². The fourth-order valence-electron chi connectivity index (χ4n) is 3.40. The number of carboxylic acid groups (broad SMARTS) is 1. The van der Waals surface area contributed by atoms with Crippen molar-refractivity contribution in [1.29, 1.82) is 0 Å². The number of benzene rings is 1. The smallest absolute Gasteiger partial charge is 0.303 e. The molecule has 1 aromatic rings. The van der Waals surface area contributed by atoms with E-state index in [1.54, 1.807) is 0 Å². The topological polar surface area (TPSA) is 69.6 Å². The second kappa shape index (κ2) is 9.42. The fourth-order valence-corrected chi connectivity index (χ4v) is 3.40. The number of hydrogen-bond acceptors (Lipinski definition) is 3. The Morgan fingerprint density at radius 2 is 2.08 bits per heavy atom. The normalized spacial score (nSPS) is 19.1. The average molecular weight is 332 g/mol. The van der Waals surface area contributed by atoms with Gasteiger partial charge in [-0.05, 0) is 50.8 Å². The molecule has 132 valence electrons. The molecule has 2 unspecified atom stereocenters. The lowest BCUT2D eigenvalue weighted by atomic mass is 10.0. The maximum atomic E-state index is 12.7. The first-order valence-corrected chi connectivity index (χ1v) is 8.90. The number of carboxylic acids is 1. The van der Waals surface area contributed by atoms with Crippen molar-refractivity contribution in [1.82, 2.24) is 10.2 Å². The van der Waals surface area contributed by atoms with Crippen molar-refractivity contribution in [3.8, 4) is 0 Å². The Kier molecular flexibility index (Phi) is 7.25. The molecular weight excluding hydrogens is 304 g/mol. The molecule has 0 aliphatic carbocycles. The zero-order valence-electron chi connectivity index (χ0n) is 14.4. The van der Waals surface area contributed by atoms with Crippen LogP contribution in [0.1, 0.15) is 44.6 Å². The van der Waals surface area contributed by atoms with Gasteiger partial charge in [0.05, 0.1) is 6.04 Å². The van der Waals surface area contributed by atoms with Gasteiger partial charge in [-0.1, -0.05) is 37.3 Å². The van der Waals surface area contributed by atoms with Crippen LogP contribution in [0.15, 0.2) is 30.3 Å². The summed E-state index contributed by atoms with van der Waals surface area (Å²) >= 11 is 0. The van der Waals surface area contributed by atoms with Crippen molar-refractivity contribution in [3.63, 3.8) is 0 Å². The van der Waals surface area contributed by atoms with Gasteiger partial charge in [0.1, 0.15) is 0 Å². The molecule has 1 saturated heterocycles. The Labute approximate surface area is 144 Å². The molecule has 1 amide bonds. The molecular formula is C19H28N2O3. The second-order valence-electron chi connectivity index (χ2n) is 6.52. The lowest BCUT2D eigenvalue weighted by Gasteiger charge is -2.26. The summed E-state index contributed by atoms with van der Waals surface area (Å²) in [6, 6.07) is 9.71. The summed E-state index contributed by atoms with van der Waals surface area (Å²) in [5, 5.41) is 12.1. The number of rotatable bonds is 9. The minimum atomic E-state index is -0.823. The van der Waals surface area contributed by atoms with E-state index in [4.69, 9.17) is 5.11 Å². The van der Waals surface area contributed by atoms with E-state index in [-0.39, 0.29) is 24.4 Å². The van der Waals surface area contributed by atoms with Crippen LogP contribution >= 0.6 is 0 Å². The van der Waals surface area contributed by atoms with Gasteiger partial charge in [-0.25, -0.2) is 0 Å². The van der Waals surface area contributed by atoms with E-state index in [0.29, 0.717) is 12.8 Å². The van der Waals surface area contributed by atoms with Crippen molar-refractivity contribution in [2.75, 3.05) is 13.1 Å². The first-order chi connectivity index (χ1) is 11.6. The molecule has 1 heterocycles. The molecule has 24 heavy (non-hydrogen) atoms. The van der Waals surface area contributed by atoms with Crippen LogP contribution in [0.5, 0.6) is 0 Å². The Morgan fingerprint density at radius 1 is 1.33 bits per heavy atom. The molecule has 2 atom stereocenters. The van der Waals surface area contributed by atoms with Crippen LogP contribution in [0, 0.1) is 0 Å². The number of hydrogen-bond donors (Lipinski definition) is 2. The zero-order valence-corrected chi connectivity index (χ0v) is 14.4. The third-order valence-corrected chi connectivity index (χ3v) is 4.56. The van der Waals surface area contributed by atoms with E-state index >= 15 is 0 Å². The molecule has 0 radical (unpaired) electrons. The van der Waals surface area contributed by atoms with Crippen molar-refractivity contribution < 1.29 is 14.7 Å². The van der Waals surface area contributed by atoms with E-state index in [1.807, 2.05) is 30.3 Å². The molecule has 1 fully saturated rings. The van der Waals surface area contributed by atoms with Crippen LogP contribution in [-0.2, 0) is 16.0 Å². The highest BCUT2D eigenvalue weighted by Crippen LogP contribution is 2.18. The SMILES string of the molecule is CCCN1CCCC1C(=O)NC(CCC(=O)O)Cc1ccccc1. The van der Waals surface area contributed by atoms with Crippen LogP contribution in [0.25, 0.3) is 0 Å². The summed E-state index contributed by atoms with van der Waals surface area (Å²) in [4.78, 5) is 25.8. The molecule has 0 bridgehead atoms. The Morgan fingerprint density at radius 3 is 2.75 bits per heavy atom. The average Bonchev–Trinajstić information content (AvgIpc) is 3.02. The van der Waals surface area contributed by atoms with Crippen LogP contribution in [0.4, 0.5) is 0 Å². The molecule has 2 rings (SSSR count). The highest BCUT2D eigenvalue weighted by Gasteiger charge is 2.31. The Bertz CT molecular complexity index is 533. The van der Waals surface area contributed by atoms with E-state index in [1.165, 1.54) is 0 Å². The van der Waals surface area contributed by atoms with Crippen LogP contribution in [-0.4, -0.2) is 47.1 Å². The number of aliphatic carboxylic acids is 1. The summed E-state index contributed by atoms with van der Waals surface area (Å²) in [7, 11) is 0. The first kappa shape index (κ1) is 18.5. The summed E-state index contributed by atoms with van der Waals surface area (Å²) in [6.07, 6.45) is 4.17. The zero-order chi connectivity index (χ0) is 17.4. The minimum absolute atomic E-state index is 0.0484. The summed E-state index contributed by atoms with van der Waals surface area (Å²) < 4.78 is 0. The fraction of sp³-hybridized carbons (Fsp3) is 0.579. The number of carbonyl (C=O) groups excluding carboxylic acids is 1. The van der Waals surface area contributed by atoms with Gasteiger partial charge in [-0.2, -0.15) is 0 Å². The predicted molar refractivity (Wildman–Crippen MR) is 93.8 cm³/mol. The van der Waals surface area contributed by atoms with Crippen LogP contribution in [0.2, 0.25) is 0 Å². The molecule has 5 heteroatoms. The maximum Gasteiger partial charge on any atom is 0.303 e. The molecule has 0 saturated carbocycles. The molecule has 1 aliphatic heterocycles. The van der Waals surface area contributed by atoms with Crippen molar-refractivity contribution in [3.05, 3.63) is 35.9 Å². The molecule has 0 aromatic heterocycles. The van der Waals surface area contributed by atoms with Crippen LogP contribution < -0.4 is 5.32 Å². The van der Waals surface area contributed by atoms with Gasteiger partial charge in [0, 0.05) is 12.5 Å². The van der Waals surface area contributed by atoms with Crippen molar-refractivity contribution in [2.24, 2.45) is 0 Å². The first-order valence-electron chi connectivity index (χ1n) is 8.90. The van der Waals surface area contributed by atoms with Crippen LogP contribution in [0.3, 0.4) is 0 Å². The number of nitrogens with zero attached hydrogens (tertiary/aromatic N) is 1. The van der Waals surface area contributed by atoms with Gasteiger partial charge in [-0.3, -0.25) is 14.5 Å². The molecule has 2 N–H and O–H groups in total. The third-order valence-electron chi connectivity index (χ3n) is 4.56. The molecule has 5 nitrogen and oxygen atoms in total. The monoisotopic (exact) mass is 332 g/mol. The highest BCUT2D eigenvalue weighted by molar-refractivity contribution is 5.82. The molecule has 1 aliphatic rings. The minimum Gasteiger partial charge on any atom is -0.481 e.